The Kier molecular flexibility index (Phi) is 19.4. The van der Waals surface area contributed by atoms with Crippen LogP contribution in [0.2, 0.25) is 19.6 Å². The lowest BCUT2D eigenvalue weighted by Crippen LogP contribution is -2.29. The number of fused-ring (bicyclic) bond motifs is 6. The van der Waals surface area contributed by atoms with Gasteiger partial charge in [-0.25, -0.2) is 35.2 Å². The highest BCUT2D eigenvalue weighted by Gasteiger charge is 2.35. The molecule has 0 bridgehead atoms. The summed E-state index contributed by atoms with van der Waals surface area (Å²) in [6.45, 7) is 13.8. The first-order valence-electron chi connectivity index (χ1n) is 26.3. The molecule has 0 aliphatic carbocycles. The van der Waals surface area contributed by atoms with Crippen LogP contribution in [0.1, 0.15) is 50.5 Å². The number of benzene rings is 3. The summed E-state index contributed by atoms with van der Waals surface area (Å²) in [7, 11) is -3.15. The third-order valence-electron chi connectivity index (χ3n) is 13.5. The molecule has 21 nitrogen and oxygen atoms in total. The molecule has 9 aromatic rings. The van der Waals surface area contributed by atoms with E-state index >= 15 is 0 Å². The van der Waals surface area contributed by atoms with Crippen molar-refractivity contribution in [2.45, 2.75) is 74.4 Å². The standard InChI is InChI=1S/C19H16N4O3S.C18H14N4O3S.C11H10ClNO3S.C8H7N3.C3H9ISi/c1-12-10-22-19(26-2)14-4-3-5-17(18(12)14)27(24,25)23-7-6-15-16(23)8-13(9-20)11-21-15;1-11-9-21-18(23)13-3-2-4-16(17(11)13)26(24,25)22-6-5-14-15(22)7-12(8-19)10-20-14;1-7-6-13-11(16-2)8-4-3-5-9(10(7)8)17(12,14)15;9-4-6-3-8-7(11-5-6)1-2-10-8;1-5(2,3)4/h3-5,8,10-11H,6-7H2,1-2H3;2-4,7,9-10H,5-6H2,1H3,(H,21,23);3-6H,1-2H3;3,5,10H,1-2H2;1-3H3. The Hall–Kier alpha value is -8.30. The summed E-state index contributed by atoms with van der Waals surface area (Å²) in [5.41, 5.74) is 6.72. The maximum absolute atomic E-state index is 13.5. The van der Waals surface area contributed by atoms with Gasteiger partial charge in [-0.2, -0.15) is 15.8 Å². The van der Waals surface area contributed by atoms with E-state index in [1.54, 1.807) is 81.0 Å². The van der Waals surface area contributed by atoms with Crippen molar-refractivity contribution in [2.75, 3.05) is 47.8 Å². The van der Waals surface area contributed by atoms with Crippen molar-refractivity contribution < 1.29 is 34.7 Å². The van der Waals surface area contributed by atoms with Crippen LogP contribution < -0.4 is 29.0 Å². The van der Waals surface area contributed by atoms with Gasteiger partial charge in [0.25, 0.3) is 34.7 Å². The molecule has 0 radical (unpaired) electrons. The predicted molar refractivity (Wildman–Crippen MR) is 341 cm³/mol. The van der Waals surface area contributed by atoms with Gasteiger partial charge in [0.05, 0.1) is 79.7 Å². The van der Waals surface area contributed by atoms with Crippen LogP contribution in [0.5, 0.6) is 11.8 Å². The van der Waals surface area contributed by atoms with E-state index < -0.39 is 34.7 Å². The summed E-state index contributed by atoms with van der Waals surface area (Å²) in [4.78, 5) is 36.0. The van der Waals surface area contributed by atoms with Crippen molar-refractivity contribution in [3.05, 3.63) is 171 Å². The summed E-state index contributed by atoms with van der Waals surface area (Å²) >= 11 is 2.52. The number of aromatic amines is 1. The molecule has 86 heavy (non-hydrogen) atoms. The first kappa shape index (κ1) is 63.7. The molecular weight excluding hydrogens is 1310 g/mol. The number of aryl methyl sites for hydroxylation is 3. The number of nitriles is 3. The van der Waals surface area contributed by atoms with Crippen molar-refractivity contribution >= 4 is 117 Å². The van der Waals surface area contributed by atoms with Crippen LogP contribution in [0.15, 0.2) is 129 Å². The van der Waals surface area contributed by atoms with Gasteiger partial charge in [-0.3, -0.25) is 28.4 Å². The third kappa shape index (κ3) is 13.7. The number of aromatic nitrogens is 6. The number of pyridine rings is 6. The number of hydrogen-bond donors (Lipinski definition) is 2. The smallest absolute Gasteiger partial charge is 0.265 e. The van der Waals surface area contributed by atoms with Crippen molar-refractivity contribution in [3.8, 4) is 30.0 Å². The second kappa shape index (κ2) is 26.1. The van der Waals surface area contributed by atoms with Gasteiger partial charge in [-0.05, 0) is 92.1 Å². The van der Waals surface area contributed by atoms with Gasteiger partial charge in [0, 0.05) is 119 Å². The second-order valence-corrected chi connectivity index (χ2v) is 40.5. The number of rotatable bonds is 7. The number of hydrogen-bond acceptors (Lipinski definition) is 18. The van der Waals surface area contributed by atoms with Crippen LogP contribution in [0.4, 0.5) is 17.1 Å². The molecule has 0 atom stereocenters. The van der Waals surface area contributed by atoms with Crippen molar-refractivity contribution in [1.29, 1.82) is 15.8 Å². The third-order valence-corrected chi connectivity index (χ3v) is 18.6. The normalized spacial score (nSPS) is 13.1. The molecule has 3 aromatic carbocycles. The molecule has 0 amide bonds. The van der Waals surface area contributed by atoms with E-state index in [1.165, 1.54) is 59.6 Å². The Morgan fingerprint density at radius 3 is 1.43 bits per heavy atom. The summed E-state index contributed by atoms with van der Waals surface area (Å²) in [6.07, 6.45) is 11.2. The van der Waals surface area contributed by atoms with Crippen molar-refractivity contribution in [1.82, 2.24) is 29.9 Å². The molecule has 0 saturated carbocycles. The predicted octanol–water partition coefficient (Wildman–Crippen LogP) is 10.1. The van der Waals surface area contributed by atoms with E-state index in [0.29, 0.717) is 102 Å². The fourth-order valence-corrected chi connectivity index (χ4v) is 14.4. The van der Waals surface area contributed by atoms with Crippen molar-refractivity contribution in [2.24, 2.45) is 0 Å². The van der Waals surface area contributed by atoms with Crippen LogP contribution in [0.25, 0.3) is 32.3 Å². The molecule has 0 unspecified atom stereocenters. The van der Waals surface area contributed by atoms with Crippen molar-refractivity contribution in [3.63, 3.8) is 0 Å². The zero-order valence-electron chi connectivity index (χ0n) is 47.8. The minimum atomic E-state index is -3.91. The monoisotopic (exact) mass is 1360 g/mol. The molecule has 6 aromatic heterocycles. The van der Waals surface area contributed by atoms with Gasteiger partial charge in [0.15, 0.2) is 0 Å². The number of halogens is 2. The van der Waals surface area contributed by atoms with Crippen LogP contribution in [-0.4, -0.2) is 94.6 Å². The quantitative estimate of drug-likeness (QED) is 0.0648. The van der Waals surface area contributed by atoms with E-state index in [9.17, 15) is 30.0 Å². The van der Waals surface area contributed by atoms with Crippen LogP contribution in [0, 0.1) is 54.8 Å². The lowest BCUT2D eigenvalue weighted by molar-refractivity contribution is 0.403. The molecule has 3 aliphatic heterocycles. The van der Waals surface area contributed by atoms with Crippen LogP contribution in [0.3, 0.4) is 0 Å². The molecule has 3 aliphatic rings. The molecular formula is C59H56ClIN12O9S3Si. The average molecular weight is 1360 g/mol. The minimum absolute atomic E-state index is 0.0776. The van der Waals surface area contributed by atoms with Gasteiger partial charge in [0.2, 0.25) is 11.8 Å². The minimum Gasteiger partial charge on any atom is -0.481 e. The summed E-state index contributed by atoms with van der Waals surface area (Å²) in [6, 6.07) is 25.6. The summed E-state index contributed by atoms with van der Waals surface area (Å²) in [5.74, 6) is 0.760. The number of anilines is 3. The van der Waals surface area contributed by atoms with Gasteiger partial charge in [-0.15, -0.1) is 21.8 Å². The lowest BCUT2D eigenvalue weighted by atomic mass is 10.1. The first-order chi connectivity index (χ1) is 40.7. The summed E-state index contributed by atoms with van der Waals surface area (Å²) in [5, 5.41) is 33.1. The average Bonchev–Trinajstić information content (AvgIpc) is 1.57. The van der Waals surface area contributed by atoms with Crippen LogP contribution >= 0.6 is 32.5 Å². The topological polar surface area (TPSA) is 308 Å². The van der Waals surface area contributed by atoms with E-state index in [-0.39, 0.29) is 33.3 Å². The Balaban J connectivity index is 0.000000151. The first-order valence-corrected chi connectivity index (χ1v) is 38.1. The largest absolute Gasteiger partial charge is 0.481 e. The van der Waals surface area contributed by atoms with E-state index in [0.717, 1.165) is 35.5 Å². The highest BCUT2D eigenvalue weighted by Crippen LogP contribution is 2.39. The van der Waals surface area contributed by atoms with Gasteiger partial charge >= 0.3 is 0 Å². The lowest BCUT2D eigenvalue weighted by Gasteiger charge is -2.21. The molecule has 0 fully saturated rings. The number of ether oxygens (including phenoxy) is 2. The maximum atomic E-state index is 13.5. The Morgan fingerprint density at radius 2 is 0.988 bits per heavy atom. The number of H-pyrrole nitrogens is 1. The van der Waals surface area contributed by atoms with Crippen LogP contribution in [-0.2, 0) is 48.4 Å². The maximum Gasteiger partial charge on any atom is 0.265 e. The highest BCUT2D eigenvalue weighted by atomic mass is 127. The zero-order chi connectivity index (χ0) is 62.5. The van der Waals surface area contributed by atoms with Gasteiger partial charge < -0.3 is 19.8 Å². The summed E-state index contributed by atoms with van der Waals surface area (Å²) < 4.78 is 89.8. The Labute approximate surface area is 516 Å². The van der Waals surface area contributed by atoms with E-state index in [2.05, 4.69) is 82.7 Å². The second-order valence-electron chi connectivity index (χ2n) is 20.5. The number of nitrogens with zero attached hydrogens (tertiary/aromatic N) is 10. The zero-order valence-corrected chi connectivity index (χ0v) is 54.1. The SMILES string of the molecule is COc1ncc(C)c2c(S(=O)(=O)Cl)cccc12.COc1ncc(C)c2c(S(=O)(=O)N3CCc4ncc(C#N)cc43)cccc12.C[Si](C)(C)I.Cc1c[nH]c(=O)c2cccc(S(=O)(=O)N3CCc4ncc(C#N)cc43)c12.N#Cc1cnc2c(c1)NCC2. The molecule has 9 heterocycles. The highest BCUT2D eigenvalue weighted by molar-refractivity contribution is 14.1. The number of nitrogens with one attached hydrogen (secondary N) is 2. The van der Waals surface area contributed by atoms with E-state index in [1.807, 2.05) is 25.1 Å². The Morgan fingerprint density at radius 1 is 0.581 bits per heavy atom. The van der Waals surface area contributed by atoms with Gasteiger partial charge in [0.1, 0.15) is 23.8 Å². The molecule has 12 rings (SSSR count). The van der Waals surface area contributed by atoms with E-state index in [4.69, 9.17) is 35.9 Å². The molecule has 0 saturated heterocycles. The number of sulfonamides is 2. The Bertz CT molecular complexity index is 4700. The van der Waals surface area contributed by atoms with Gasteiger partial charge in [-0.1, -0.05) is 37.8 Å². The fraction of sp³-hybridized carbons (Fsp3) is 0.237. The fourth-order valence-electron chi connectivity index (χ4n) is 9.74. The number of methoxy groups -OCH3 is 2. The molecule has 27 heteroatoms. The molecule has 0 spiro atoms. The molecule has 442 valence electrons. The molecule has 2 N–H and O–H groups in total.